The highest BCUT2D eigenvalue weighted by molar-refractivity contribution is 14.0. The summed E-state index contributed by atoms with van der Waals surface area (Å²) in [6.07, 6.45) is 4.18. The van der Waals surface area contributed by atoms with Crippen LogP contribution < -0.4 is 10.6 Å². The minimum Gasteiger partial charge on any atom is -0.461 e. The predicted octanol–water partition coefficient (Wildman–Crippen LogP) is 2.00. The van der Waals surface area contributed by atoms with Crippen molar-refractivity contribution in [2.45, 2.75) is 32.7 Å². The van der Waals surface area contributed by atoms with Gasteiger partial charge in [0.25, 0.3) is 0 Å². The van der Waals surface area contributed by atoms with Gasteiger partial charge in [-0.1, -0.05) is 0 Å². The predicted molar refractivity (Wildman–Crippen MR) is 117 cm³/mol. The summed E-state index contributed by atoms with van der Waals surface area (Å²) >= 11 is 0. The van der Waals surface area contributed by atoms with Crippen LogP contribution in [0.15, 0.2) is 27.8 Å². The van der Waals surface area contributed by atoms with Crippen LogP contribution in [-0.4, -0.2) is 58.6 Å². The van der Waals surface area contributed by atoms with Gasteiger partial charge in [-0.05, 0) is 37.8 Å². The number of nitrogens with zero attached hydrogens (tertiary/aromatic N) is 4. The van der Waals surface area contributed by atoms with Crippen LogP contribution in [0.25, 0.3) is 11.6 Å². The van der Waals surface area contributed by atoms with Gasteiger partial charge in [-0.2, -0.15) is 0 Å². The fourth-order valence-corrected chi connectivity index (χ4v) is 3.17. The molecule has 3 rings (SSSR count). The number of amides is 1. The fraction of sp³-hybridized carbons (Fsp3) is 0.556. The second kappa shape index (κ2) is 11.0. The molecule has 2 aromatic rings. The van der Waals surface area contributed by atoms with Crippen molar-refractivity contribution in [3.63, 3.8) is 0 Å². The lowest BCUT2D eigenvalue weighted by molar-refractivity contribution is -0.121. The average Bonchev–Trinajstić information content (AvgIpc) is 3.37. The molecule has 10 heteroatoms. The summed E-state index contributed by atoms with van der Waals surface area (Å²) in [5.74, 6) is 3.27. The van der Waals surface area contributed by atoms with Crippen LogP contribution in [0.5, 0.6) is 0 Å². The molecule has 0 aromatic carbocycles. The zero-order valence-electron chi connectivity index (χ0n) is 16.3. The Labute approximate surface area is 181 Å². The van der Waals surface area contributed by atoms with E-state index in [4.69, 9.17) is 9.41 Å². The largest absolute Gasteiger partial charge is 0.461 e. The van der Waals surface area contributed by atoms with E-state index in [9.17, 15) is 4.79 Å². The molecule has 0 unspecified atom stereocenters. The Kier molecular flexibility index (Phi) is 8.74. The van der Waals surface area contributed by atoms with Gasteiger partial charge in [0.2, 0.25) is 11.7 Å². The van der Waals surface area contributed by atoms with Crippen LogP contribution in [-0.2, 0) is 11.3 Å². The second-order valence-corrected chi connectivity index (χ2v) is 6.56. The molecule has 1 aliphatic rings. The van der Waals surface area contributed by atoms with Crippen molar-refractivity contribution >= 4 is 35.8 Å². The number of piperidine rings is 1. The van der Waals surface area contributed by atoms with Gasteiger partial charge in [0.1, 0.15) is 12.4 Å². The zero-order chi connectivity index (χ0) is 19.1. The molecule has 0 atom stereocenters. The monoisotopic (exact) mass is 501 g/mol. The molecule has 1 fully saturated rings. The highest BCUT2D eigenvalue weighted by Gasteiger charge is 2.23. The lowest BCUT2D eigenvalue weighted by Gasteiger charge is -2.34. The number of guanidine groups is 1. The highest BCUT2D eigenvalue weighted by Crippen LogP contribution is 2.20. The Bertz CT molecular complexity index is 752. The smallest absolute Gasteiger partial charge is 0.220 e. The molecule has 0 spiro atoms. The number of H-pyrrole nitrogens is 1. The SMILES string of the molecule is CCNC(=NCc1nc(-c2ccco2)n[nH]1)N1CCC(CC(=O)NC)CC1.I. The molecule has 0 aliphatic carbocycles. The topological polar surface area (TPSA) is 111 Å². The highest BCUT2D eigenvalue weighted by atomic mass is 127. The minimum absolute atomic E-state index is 0. The summed E-state index contributed by atoms with van der Waals surface area (Å²) in [7, 11) is 1.69. The Hall–Kier alpha value is -2.11. The van der Waals surface area contributed by atoms with E-state index in [1.165, 1.54) is 0 Å². The number of carbonyl (C=O) groups is 1. The van der Waals surface area contributed by atoms with Gasteiger partial charge < -0.3 is 20.0 Å². The maximum absolute atomic E-state index is 11.6. The van der Waals surface area contributed by atoms with Crippen molar-refractivity contribution in [1.29, 1.82) is 0 Å². The molecule has 0 bridgehead atoms. The quantitative estimate of drug-likeness (QED) is 0.317. The third kappa shape index (κ3) is 5.94. The summed E-state index contributed by atoms with van der Waals surface area (Å²) in [5.41, 5.74) is 0. The van der Waals surface area contributed by atoms with Crippen LogP contribution in [0, 0.1) is 5.92 Å². The number of furan rings is 1. The zero-order valence-corrected chi connectivity index (χ0v) is 18.6. The van der Waals surface area contributed by atoms with Crippen molar-refractivity contribution in [2.24, 2.45) is 10.9 Å². The molecule has 154 valence electrons. The molecule has 0 radical (unpaired) electrons. The third-order valence-corrected chi connectivity index (χ3v) is 4.65. The van der Waals surface area contributed by atoms with Crippen LogP contribution in [0.1, 0.15) is 32.0 Å². The Morgan fingerprint density at radius 2 is 2.21 bits per heavy atom. The van der Waals surface area contributed by atoms with Gasteiger partial charge in [0.15, 0.2) is 11.7 Å². The van der Waals surface area contributed by atoms with E-state index in [0.29, 0.717) is 36.3 Å². The van der Waals surface area contributed by atoms with E-state index in [0.717, 1.165) is 38.4 Å². The number of aliphatic imine (C=N–C) groups is 1. The van der Waals surface area contributed by atoms with E-state index in [-0.39, 0.29) is 29.9 Å². The van der Waals surface area contributed by atoms with E-state index in [2.05, 4.69) is 37.6 Å². The standard InChI is InChI=1S/C18H27N7O2.HI/c1-3-20-18(25-8-6-13(7-9-25)11-16(26)19-2)21-12-15-22-17(24-23-15)14-5-4-10-27-14;/h4-5,10,13H,3,6-9,11-12H2,1-2H3,(H,19,26)(H,20,21)(H,22,23,24);1H. The summed E-state index contributed by atoms with van der Waals surface area (Å²) in [4.78, 5) is 22.9. The second-order valence-electron chi connectivity index (χ2n) is 6.56. The minimum atomic E-state index is 0. The maximum Gasteiger partial charge on any atom is 0.220 e. The lowest BCUT2D eigenvalue weighted by atomic mass is 9.93. The molecule has 9 nitrogen and oxygen atoms in total. The molecule has 1 saturated heterocycles. The van der Waals surface area contributed by atoms with Gasteiger partial charge in [-0.3, -0.25) is 9.89 Å². The molecule has 0 saturated carbocycles. The van der Waals surface area contributed by atoms with E-state index < -0.39 is 0 Å². The van der Waals surface area contributed by atoms with Crippen molar-refractivity contribution in [3.05, 3.63) is 24.2 Å². The summed E-state index contributed by atoms with van der Waals surface area (Å²) in [5, 5.41) is 13.1. The van der Waals surface area contributed by atoms with Crippen molar-refractivity contribution in [3.8, 4) is 11.6 Å². The molecule has 3 N–H and O–H groups in total. The Morgan fingerprint density at radius 3 is 2.86 bits per heavy atom. The van der Waals surface area contributed by atoms with E-state index >= 15 is 0 Å². The number of carbonyl (C=O) groups excluding carboxylic acids is 1. The average molecular weight is 501 g/mol. The lowest BCUT2D eigenvalue weighted by Crippen LogP contribution is -2.46. The first-order chi connectivity index (χ1) is 13.2. The number of rotatable bonds is 6. The van der Waals surface area contributed by atoms with Gasteiger partial charge >= 0.3 is 0 Å². The van der Waals surface area contributed by atoms with Crippen molar-refractivity contribution in [2.75, 3.05) is 26.7 Å². The maximum atomic E-state index is 11.6. The van der Waals surface area contributed by atoms with Gasteiger partial charge in [0, 0.05) is 33.1 Å². The van der Waals surface area contributed by atoms with Crippen LogP contribution in [0.2, 0.25) is 0 Å². The summed E-state index contributed by atoms with van der Waals surface area (Å²) in [6, 6.07) is 3.63. The molecular formula is C18H28IN7O2. The normalized spacial score (nSPS) is 15.2. The van der Waals surface area contributed by atoms with Crippen LogP contribution >= 0.6 is 24.0 Å². The molecule has 28 heavy (non-hydrogen) atoms. The van der Waals surface area contributed by atoms with Crippen LogP contribution in [0.3, 0.4) is 0 Å². The first-order valence-corrected chi connectivity index (χ1v) is 9.38. The van der Waals surface area contributed by atoms with Crippen molar-refractivity contribution < 1.29 is 9.21 Å². The number of nitrogens with one attached hydrogen (secondary N) is 3. The van der Waals surface area contributed by atoms with Crippen molar-refractivity contribution in [1.82, 2.24) is 30.7 Å². The Morgan fingerprint density at radius 1 is 1.43 bits per heavy atom. The Balaban J connectivity index is 0.00000280. The third-order valence-electron chi connectivity index (χ3n) is 4.65. The van der Waals surface area contributed by atoms with Gasteiger partial charge in [-0.25, -0.2) is 9.98 Å². The summed E-state index contributed by atoms with van der Waals surface area (Å²) in [6.45, 7) is 5.04. The molecule has 1 amide bonds. The van der Waals surface area contributed by atoms with E-state index in [1.54, 1.807) is 19.4 Å². The van der Waals surface area contributed by atoms with Gasteiger partial charge in [0.05, 0.1) is 6.26 Å². The van der Waals surface area contributed by atoms with Crippen LogP contribution in [0.4, 0.5) is 0 Å². The number of likely N-dealkylation sites (tertiary alicyclic amines) is 1. The molecule has 1 aliphatic heterocycles. The fourth-order valence-electron chi connectivity index (χ4n) is 3.17. The van der Waals surface area contributed by atoms with E-state index in [1.807, 2.05) is 6.07 Å². The number of hydrogen-bond acceptors (Lipinski definition) is 5. The number of halogens is 1. The summed E-state index contributed by atoms with van der Waals surface area (Å²) < 4.78 is 5.31. The number of hydrogen-bond donors (Lipinski definition) is 3. The van der Waals surface area contributed by atoms with Gasteiger partial charge in [-0.15, -0.1) is 29.1 Å². The molecule has 2 aromatic heterocycles. The molecular weight excluding hydrogens is 473 g/mol. The first-order valence-electron chi connectivity index (χ1n) is 9.38. The number of aromatic nitrogens is 3. The molecule has 3 heterocycles. The first kappa shape index (κ1) is 22.2. The number of aromatic amines is 1.